The first-order chi connectivity index (χ1) is 9.75. The van der Waals surface area contributed by atoms with E-state index >= 15 is 0 Å². The van der Waals surface area contributed by atoms with Gasteiger partial charge in [-0.05, 0) is 63.5 Å². The lowest BCUT2D eigenvalue weighted by atomic mass is 9.76. The first-order valence-corrected chi connectivity index (χ1v) is 8.31. The van der Waals surface area contributed by atoms with Gasteiger partial charge in [-0.1, -0.05) is 6.42 Å². The molecule has 3 heteroatoms. The van der Waals surface area contributed by atoms with Gasteiger partial charge < -0.3 is 4.90 Å². The number of aryl methyl sites for hydroxylation is 2. The fourth-order valence-corrected chi connectivity index (χ4v) is 4.45. The predicted octanol–water partition coefficient (Wildman–Crippen LogP) is 2.86. The normalized spacial score (nSPS) is 30.4. The monoisotopic (exact) mass is 271 g/mol. The fraction of sp³-hybridized carbons (Fsp3) is 0.765. The van der Waals surface area contributed by atoms with E-state index in [0.717, 1.165) is 11.7 Å². The lowest BCUT2D eigenvalue weighted by Crippen LogP contribution is -2.47. The minimum Gasteiger partial charge on any atom is -0.302 e. The van der Waals surface area contributed by atoms with Crippen LogP contribution in [0.2, 0.25) is 0 Å². The Hall–Kier alpha value is -0.960. The molecule has 0 amide bonds. The maximum absolute atomic E-state index is 4.84. The zero-order valence-electron chi connectivity index (χ0n) is 12.6. The van der Waals surface area contributed by atoms with Crippen molar-refractivity contribution in [3.8, 4) is 0 Å². The smallest absolute Gasteiger partial charge is 0.125 e. The summed E-state index contributed by atoms with van der Waals surface area (Å²) < 4.78 is 0. The van der Waals surface area contributed by atoms with Crippen LogP contribution in [0.5, 0.6) is 0 Å². The molecule has 3 nitrogen and oxygen atoms in total. The number of piperidine rings is 1. The summed E-state index contributed by atoms with van der Waals surface area (Å²) in [6, 6.07) is 0. The van der Waals surface area contributed by atoms with E-state index in [1.54, 1.807) is 0 Å². The zero-order chi connectivity index (χ0) is 13.6. The van der Waals surface area contributed by atoms with Gasteiger partial charge in [-0.3, -0.25) is 0 Å². The van der Waals surface area contributed by atoms with Gasteiger partial charge in [0.15, 0.2) is 0 Å². The molecule has 3 aliphatic rings. The van der Waals surface area contributed by atoms with Crippen molar-refractivity contribution in [2.24, 2.45) is 5.92 Å². The molecule has 1 spiro atoms. The van der Waals surface area contributed by atoms with E-state index in [1.165, 1.54) is 75.8 Å². The number of nitrogens with zero attached hydrogens (tertiary/aromatic N) is 3. The Morgan fingerprint density at radius 1 is 1.30 bits per heavy atom. The minimum absolute atomic E-state index is 0.352. The van der Waals surface area contributed by atoms with E-state index in [0.29, 0.717) is 5.41 Å². The van der Waals surface area contributed by atoms with Crippen molar-refractivity contribution in [1.29, 1.82) is 0 Å². The van der Waals surface area contributed by atoms with Gasteiger partial charge in [0, 0.05) is 24.7 Å². The molecule has 108 valence electrons. The number of fused-ring (bicyclic) bond motifs is 2. The van der Waals surface area contributed by atoms with Gasteiger partial charge in [0.05, 0.1) is 5.69 Å². The number of rotatable bonds is 2. The van der Waals surface area contributed by atoms with Crippen molar-refractivity contribution in [1.82, 2.24) is 14.9 Å². The summed E-state index contributed by atoms with van der Waals surface area (Å²) in [5, 5.41) is 0. The van der Waals surface area contributed by atoms with Crippen LogP contribution in [-0.2, 0) is 11.8 Å². The molecule has 4 rings (SSSR count). The molecule has 1 aromatic rings. The van der Waals surface area contributed by atoms with Gasteiger partial charge in [-0.15, -0.1) is 0 Å². The molecule has 0 aromatic carbocycles. The lowest BCUT2D eigenvalue weighted by Gasteiger charge is -2.43. The standard InChI is InChI=1S/C17H25N3/c1-13-18-10-15-6-8-17(16(15)19-13)7-3-9-20(12-17)11-14-4-2-5-14/h10,14H,2-9,11-12H2,1H3. The van der Waals surface area contributed by atoms with Crippen molar-refractivity contribution < 1.29 is 0 Å². The van der Waals surface area contributed by atoms with Crippen molar-refractivity contribution >= 4 is 0 Å². The Morgan fingerprint density at radius 2 is 2.20 bits per heavy atom. The summed E-state index contributed by atoms with van der Waals surface area (Å²) in [5.41, 5.74) is 3.16. The van der Waals surface area contributed by atoms with E-state index in [2.05, 4.69) is 16.1 Å². The van der Waals surface area contributed by atoms with Gasteiger partial charge in [0.2, 0.25) is 0 Å². The second-order valence-corrected chi connectivity index (χ2v) is 7.21. The van der Waals surface area contributed by atoms with E-state index in [4.69, 9.17) is 4.98 Å². The highest BCUT2D eigenvalue weighted by Crippen LogP contribution is 2.44. The molecule has 0 bridgehead atoms. The summed E-state index contributed by atoms with van der Waals surface area (Å²) >= 11 is 0. The molecule has 1 saturated carbocycles. The highest BCUT2D eigenvalue weighted by atomic mass is 15.1. The maximum Gasteiger partial charge on any atom is 0.125 e. The Kier molecular flexibility index (Phi) is 3.06. The average Bonchev–Trinajstić information content (AvgIpc) is 2.73. The first-order valence-electron chi connectivity index (χ1n) is 8.31. The number of hydrogen-bond donors (Lipinski definition) is 0. The molecule has 2 aliphatic carbocycles. The maximum atomic E-state index is 4.84. The van der Waals surface area contributed by atoms with E-state index in [-0.39, 0.29) is 0 Å². The van der Waals surface area contributed by atoms with Crippen LogP contribution in [0.3, 0.4) is 0 Å². The molecule has 0 radical (unpaired) electrons. The van der Waals surface area contributed by atoms with Gasteiger partial charge in [-0.25, -0.2) is 9.97 Å². The van der Waals surface area contributed by atoms with Crippen LogP contribution in [0.25, 0.3) is 0 Å². The third-order valence-electron chi connectivity index (χ3n) is 5.76. The summed E-state index contributed by atoms with van der Waals surface area (Å²) in [4.78, 5) is 12.0. The Labute approximate surface area is 121 Å². The predicted molar refractivity (Wildman–Crippen MR) is 79.8 cm³/mol. The van der Waals surface area contributed by atoms with Crippen LogP contribution in [0, 0.1) is 12.8 Å². The van der Waals surface area contributed by atoms with Crippen LogP contribution < -0.4 is 0 Å². The van der Waals surface area contributed by atoms with E-state index in [9.17, 15) is 0 Å². The molecule has 0 N–H and O–H groups in total. The van der Waals surface area contributed by atoms with Crippen LogP contribution in [0.4, 0.5) is 0 Å². The summed E-state index contributed by atoms with van der Waals surface area (Å²) in [6.45, 7) is 5.91. The Bertz CT molecular complexity index is 505. The molecular weight excluding hydrogens is 246 g/mol. The summed E-state index contributed by atoms with van der Waals surface area (Å²) in [7, 11) is 0. The second-order valence-electron chi connectivity index (χ2n) is 7.21. The largest absolute Gasteiger partial charge is 0.302 e. The number of likely N-dealkylation sites (tertiary alicyclic amines) is 1. The molecule has 20 heavy (non-hydrogen) atoms. The van der Waals surface area contributed by atoms with Crippen molar-refractivity contribution in [2.45, 2.75) is 57.3 Å². The lowest BCUT2D eigenvalue weighted by molar-refractivity contribution is 0.104. The molecule has 1 aromatic heterocycles. The zero-order valence-corrected chi connectivity index (χ0v) is 12.6. The Morgan fingerprint density at radius 3 is 3.00 bits per heavy atom. The van der Waals surface area contributed by atoms with Crippen LogP contribution >= 0.6 is 0 Å². The molecule has 1 saturated heterocycles. The molecule has 2 fully saturated rings. The second kappa shape index (κ2) is 4.80. The highest BCUT2D eigenvalue weighted by Gasteiger charge is 2.43. The van der Waals surface area contributed by atoms with Crippen molar-refractivity contribution in [2.75, 3.05) is 19.6 Å². The molecule has 1 atom stereocenters. The highest BCUT2D eigenvalue weighted by molar-refractivity contribution is 5.33. The molecule has 2 heterocycles. The van der Waals surface area contributed by atoms with Crippen molar-refractivity contribution in [3.05, 3.63) is 23.3 Å². The van der Waals surface area contributed by atoms with Crippen LogP contribution in [0.15, 0.2) is 6.20 Å². The molecule has 1 unspecified atom stereocenters. The van der Waals surface area contributed by atoms with Gasteiger partial charge in [-0.2, -0.15) is 0 Å². The fourth-order valence-electron chi connectivity index (χ4n) is 4.45. The first kappa shape index (κ1) is 12.8. The van der Waals surface area contributed by atoms with Crippen molar-refractivity contribution in [3.63, 3.8) is 0 Å². The van der Waals surface area contributed by atoms with Gasteiger partial charge in [0.25, 0.3) is 0 Å². The SMILES string of the molecule is Cc1ncc2c(n1)C1(CCCN(CC3CCC3)C1)CC2. The van der Waals surface area contributed by atoms with Crippen LogP contribution in [-0.4, -0.2) is 34.5 Å². The minimum atomic E-state index is 0.352. The third kappa shape index (κ3) is 2.07. The summed E-state index contributed by atoms with van der Waals surface area (Å²) in [6.07, 6.45) is 11.6. The third-order valence-corrected chi connectivity index (χ3v) is 5.76. The molecule has 1 aliphatic heterocycles. The summed E-state index contributed by atoms with van der Waals surface area (Å²) in [5.74, 6) is 1.93. The average molecular weight is 271 g/mol. The quantitative estimate of drug-likeness (QED) is 0.828. The van der Waals surface area contributed by atoms with Gasteiger partial charge in [0.1, 0.15) is 5.82 Å². The topological polar surface area (TPSA) is 29.0 Å². The van der Waals surface area contributed by atoms with Crippen LogP contribution in [0.1, 0.15) is 55.6 Å². The number of aromatic nitrogens is 2. The van der Waals surface area contributed by atoms with Gasteiger partial charge >= 0.3 is 0 Å². The molecular formula is C17H25N3. The number of hydrogen-bond acceptors (Lipinski definition) is 3. The van der Waals surface area contributed by atoms with E-state index < -0.39 is 0 Å². The Balaban J connectivity index is 1.57. The van der Waals surface area contributed by atoms with E-state index in [1.807, 2.05) is 6.92 Å².